The Bertz CT molecular complexity index is 240. The quantitative estimate of drug-likeness (QED) is 0.679. The highest BCUT2D eigenvalue weighted by Crippen LogP contribution is 2.14. The third kappa shape index (κ3) is 4.57. The van der Waals surface area contributed by atoms with Gasteiger partial charge in [-0.15, -0.1) is 0 Å². The highest BCUT2D eigenvalue weighted by molar-refractivity contribution is 7.80. The zero-order valence-electron chi connectivity index (χ0n) is 8.99. The predicted molar refractivity (Wildman–Crippen MR) is 62.6 cm³/mol. The van der Waals surface area contributed by atoms with E-state index in [0.717, 1.165) is 19.4 Å². The first kappa shape index (κ1) is 12.4. The maximum atomic E-state index is 11.5. The number of nitrogens with two attached hydrogens (primary N) is 1. The van der Waals surface area contributed by atoms with Gasteiger partial charge in [0.1, 0.15) is 0 Å². The molecule has 0 bridgehead atoms. The van der Waals surface area contributed by atoms with Crippen LogP contribution in [0.4, 0.5) is 0 Å². The third-order valence-electron chi connectivity index (χ3n) is 2.53. The summed E-state index contributed by atoms with van der Waals surface area (Å²) in [5.41, 5.74) is 5.44. The first-order valence-corrected chi connectivity index (χ1v) is 5.68. The molecule has 1 saturated heterocycles. The molecule has 1 amide bonds. The van der Waals surface area contributed by atoms with Gasteiger partial charge in [-0.05, 0) is 12.8 Å². The fourth-order valence-corrected chi connectivity index (χ4v) is 1.54. The van der Waals surface area contributed by atoms with Crippen molar-refractivity contribution in [1.82, 2.24) is 5.32 Å². The van der Waals surface area contributed by atoms with Gasteiger partial charge in [0, 0.05) is 19.1 Å². The molecule has 4 nitrogen and oxygen atoms in total. The zero-order valence-corrected chi connectivity index (χ0v) is 9.81. The van der Waals surface area contributed by atoms with Gasteiger partial charge in [-0.25, -0.2) is 0 Å². The Balaban J connectivity index is 2.15. The van der Waals surface area contributed by atoms with Crippen molar-refractivity contribution < 1.29 is 9.53 Å². The van der Waals surface area contributed by atoms with Crippen molar-refractivity contribution >= 4 is 23.1 Å². The molecule has 1 heterocycles. The summed E-state index contributed by atoms with van der Waals surface area (Å²) in [5.74, 6) is 0.0680. The van der Waals surface area contributed by atoms with Crippen LogP contribution in [0.1, 0.15) is 26.2 Å². The summed E-state index contributed by atoms with van der Waals surface area (Å²) in [4.78, 5) is 11.9. The molecule has 86 valence electrons. The van der Waals surface area contributed by atoms with Crippen LogP contribution < -0.4 is 11.1 Å². The van der Waals surface area contributed by atoms with Crippen molar-refractivity contribution in [2.75, 3.05) is 13.2 Å². The van der Waals surface area contributed by atoms with Crippen molar-refractivity contribution in [1.29, 1.82) is 0 Å². The minimum absolute atomic E-state index is 0.0185. The molecule has 1 fully saturated rings. The Morgan fingerprint density at radius 3 is 3.00 bits per heavy atom. The molecular formula is C10H18N2O2S. The van der Waals surface area contributed by atoms with Crippen molar-refractivity contribution in [3.63, 3.8) is 0 Å². The minimum atomic E-state index is 0.0185. The summed E-state index contributed by atoms with van der Waals surface area (Å²) >= 11 is 4.82. The first-order valence-electron chi connectivity index (χ1n) is 5.27. The Kier molecular flexibility index (Phi) is 4.98. The molecule has 0 aromatic heterocycles. The van der Waals surface area contributed by atoms with E-state index in [9.17, 15) is 4.79 Å². The van der Waals surface area contributed by atoms with Crippen LogP contribution in [0, 0.1) is 5.92 Å². The molecule has 1 aliphatic heterocycles. The van der Waals surface area contributed by atoms with E-state index in [4.69, 9.17) is 22.7 Å². The maximum Gasteiger partial charge on any atom is 0.222 e. The second kappa shape index (κ2) is 6.02. The number of thiocarbonyl (C=S) groups is 1. The van der Waals surface area contributed by atoms with Gasteiger partial charge in [0.15, 0.2) is 0 Å². The summed E-state index contributed by atoms with van der Waals surface area (Å²) in [6.07, 6.45) is 2.59. The zero-order chi connectivity index (χ0) is 11.3. The Labute approximate surface area is 95.5 Å². The van der Waals surface area contributed by atoms with Crippen LogP contribution in [0.5, 0.6) is 0 Å². The molecule has 0 saturated carbocycles. The Morgan fingerprint density at radius 2 is 2.47 bits per heavy atom. The lowest BCUT2D eigenvalue weighted by atomic mass is 10.1. The highest BCUT2D eigenvalue weighted by Gasteiger charge is 2.19. The average Bonchev–Trinajstić information content (AvgIpc) is 2.66. The number of ether oxygens (including phenoxy) is 1. The largest absolute Gasteiger partial charge is 0.393 e. The number of hydrogen-bond acceptors (Lipinski definition) is 3. The van der Waals surface area contributed by atoms with Gasteiger partial charge in [-0.1, -0.05) is 19.1 Å². The van der Waals surface area contributed by atoms with Gasteiger partial charge in [0.05, 0.1) is 17.5 Å². The summed E-state index contributed by atoms with van der Waals surface area (Å²) in [6, 6.07) is 0. The van der Waals surface area contributed by atoms with Gasteiger partial charge in [-0.2, -0.15) is 0 Å². The summed E-state index contributed by atoms with van der Waals surface area (Å²) in [5, 5.41) is 2.80. The van der Waals surface area contributed by atoms with Gasteiger partial charge in [-0.3, -0.25) is 4.79 Å². The predicted octanol–water partition coefficient (Wildman–Crippen LogP) is 0.594. The standard InChI is InChI=1S/C10H18N2O2S/c1-7(10(11)15)6-12-9(13)5-8-3-2-4-14-8/h7-8H,2-6H2,1H3,(H2,11,15)(H,12,13). The lowest BCUT2D eigenvalue weighted by molar-refractivity contribution is -0.123. The van der Waals surface area contributed by atoms with Crippen molar-refractivity contribution in [3.8, 4) is 0 Å². The van der Waals surface area contributed by atoms with E-state index < -0.39 is 0 Å². The Hall–Kier alpha value is -0.680. The van der Waals surface area contributed by atoms with Crippen molar-refractivity contribution in [2.24, 2.45) is 11.7 Å². The maximum absolute atomic E-state index is 11.5. The van der Waals surface area contributed by atoms with Crippen molar-refractivity contribution in [2.45, 2.75) is 32.3 Å². The molecular weight excluding hydrogens is 212 g/mol. The molecule has 0 aliphatic carbocycles. The highest BCUT2D eigenvalue weighted by atomic mass is 32.1. The SMILES string of the molecule is CC(CNC(=O)CC1CCCO1)C(N)=S. The molecule has 0 aromatic carbocycles. The fraction of sp³-hybridized carbons (Fsp3) is 0.800. The number of rotatable bonds is 5. The summed E-state index contributed by atoms with van der Waals surface area (Å²) in [7, 11) is 0. The van der Waals surface area contributed by atoms with Gasteiger partial charge < -0.3 is 15.8 Å². The first-order chi connectivity index (χ1) is 7.09. The molecule has 1 rings (SSSR count). The fourth-order valence-electron chi connectivity index (χ4n) is 1.45. The molecule has 3 N–H and O–H groups in total. The average molecular weight is 230 g/mol. The molecule has 1 aliphatic rings. The molecule has 0 aromatic rings. The number of hydrogen-bond donors (Lipinski definition) is 2. The monoisotopic (exact) mass is 230 g/mol. The van der Waals surface area contributed by atoms with Crippen LogP contribution in [0.3, 0.4) is 0 Å². The van der Waals surface area contributed by atoms with Crippen LogP contribution in [0.15, 0.2) is 0 Å². The van der Waals surface area contributed by atoms with E-state index in [1.54, 1.807) is 0 Å². The summed E-state index contributed by atoms with van der Waals surface area (Å²) < 4.78 is 5.37. The Morgan fingerprint density at radius 1 is 1.73 bits per heavy atom. The number of nitrogens with one attached hydrogen (secondary N) is 1. The van der Waals surface area contributed by atoms with E-state index in [0.29, 0.717) is 18.0 Å². The van der Waals surface area contributed by atoms with Gasteiger partial charge in [0.2, 0.25) is 5.91 Å². The van der Waals surface area contributed by atoms with Crippen LogP contribution in [0.25, 0.3) is 0 Å². The molecule has 2 atom stereocenters. The van der Waals surface area contributed by atoms with E-state index in [1.165, 1.54) is 0 Å². The number of amides is 1. The topological polar surface area (TPSA) is 64.3 Å². The lowest BCUT2D eigenvalue weighted by Crippen LogP contribution is -2.35. The number of carbonyl (C=O) groups excluding carboxylic acids is 1. The van der Waals surface area contributed by atoms with E-state index >= 15 is 0 Å². The van der Waals surface area contributed by atoms with Crippen LogP contribution >= 0.6 is 12.2 Å². The van der Waals surface area contributed by atoms with Gasteiger partial charge in [0.25, 0.3) is 0 Å². The van der Waals surface area contributed by atoms with Crippen molar-refractivity contribution in [3.05, 3.63) is 0 Å². The van der Waals surface area contributed by atoms with E-state index in [2.05, 4.69) is 5.32 Å². The van der Waals surface area contributed by atoms with Crippen LogP contribution in [-0.2, 0) is 9.53 Å². The molecule has 5 heteroatoms. The van der Waals surface area contributed by atoms with E-state index in [-0.39, 0.29) is 17.9 Å². The summed E-state index contributed by atoms with van der Waals surface area (Å²) in [6.45, 7) is 3.19. The number of carbonyl (C=O) groups is 1. The molecule has 2 unspecified atom stereocenters. The van der Waals surface area contributed by atoms with Crippen LogP contribution in [-0.4, -0.2) is 30.2 Å². The third-order valence-corrected chi connectivity index (χ3v) is 2.93. The molecule has 0 spiro atoms. The normalized spacial score (nSPS) is 22.3. The second-order valence-electron chi connectivity index (χ2n) is 3.95. The van der Waals surface area contributed by atoms with Crippen LogP contribution in [0.2, 0.25) is 0 Å². The second-order valence-corrected chi connectivity index (χ2v) is 4.42. The smallest absolute Gasteiger partial charge is 0.222 e. The molecule has 15 heavy (non-hydrogen) atoms. The lowest BCUT2D eigenvalue weighted by Gasteiger charge is -2.12. The van der Waals surface area contributed by atoms with Gasteiger partial charge >= 0.3 is 0 Å². The minimum Gasteiger partial charge on any atom is -0.393 e. The van der Waals surface area contributed by atoms with E-state index in [1.807, 2.05) is 6.92 Å². The molecule has 0 radical (unpaired) electrons.